The lowest BCUT2D eigenvalue weighted by Crippen LogP contribution is -2.07. The van der Waals surface area contributed by atoms with Gasteiger partial charge in [-0.2, -0.15) is 4.39 Å². The van der Waals surface area contributed by atoms with Gasteiger partial charge in [-0.3, -0.25) is 0 Å². The Morgan fingerprint density at radius 3 is 2.36 bits per heavy atom. The topological polar surface area (TPSA) is 9.23 Å². The number of aryl methyl sites for hydroxylation is 1. The highest BCUT2D eigenvalue weighted by Crippen LogP contribution is 2.34. The Hall–Kier alpha value is -2.30. The van der Waals surface area contributed by atoms with Crippen molar-refractivity contribution in [3.05, 3.63) is 77.1 Å². The third kappa shape index (κ3) is 7.09. The smallest absolute Gasteiger partial charge is 0.200 e. The minimum atomic E-state index is -1.14. The second-order valence-electron chi connectivity index (χ2n) is 9.41. The Morgan fingerprint density at radius 1 is 1.06 bits per heavy atom. The molecule has 0 spiro atoms. The lowest BCUT2D eigenvalue weighted by Gasteiger charge is -2.20. The molecule has 1 aliphatic carbocycles. The van der Waals surface area contributed by atoms with Gasteiger partial charge in [0.2, 0.25) is 0 Å². The van der Waals surface area contributed by atoms with Gasteiger partial charge in [0.1, 0.15) is 5.76 Å². The molecule has 0 amide bonds. The van der Waals surface area contributed by atoms with E-state index < -0.39 is 23.3 Å². The van der Waals surface area contributed by atoms with Gasteiger partial charge in [0.15, 0.2) is 23.3 Å². The quantitative estimate of drug-likeness (QED) is 0.180. The molecule has 0 saturated carbocycles. The second kappa shape index (κ2) is 12.2. The first kappa shape index (κ1) is 26.9. The highest BCUT2D eigenvalue weighted by Gasteiger charge is 2.21. The van der Waals surface area contributed by atoms with E-state index >= 15 is 0 Å². The maximum absolute atomic E-state index is 14.7. The number of rotatable bonds is 11. The zero-order valence-corrected chi connectivity index (χ0v) is 20.2. The summed E-state index contributed by atoms with van der Waals surface area (Å²) < 4.78 is 62.2. The molecule has 1 aliphatic rings. The largest absolute Gasteiger partial charge is 0.494 e. The van der Waals surface area contributed by atoms with Gasteiger partial charge in [-0.25, -0.2) is 13.2 Å². The van der Waals surface area contributed by atoms with Gasteiger partial charge in [-0.15, -0.1) is 0 Å². The minimum Gasteiger partial charge on any atom is -0.494 e. The number of halogens is 4. The fraction of sp³-hybridized carbons (Fsp3) is 0.500. The summed E-state index contributed by atoms with van der Waals surface area (Å²) in [6.07, 6.45) is 7.11. The molecule has 0 aromatic heterocycles. The minimum absolute atomic E-state index is 0.0630. The number of methoxy groups -OCH3 is 1. The molecule has 0 radical (unpaired) electrons. The van der Waals surface area contributed by atoms with Crippen molar-refractivity contribution < 1.29 is 22.3 Å². The van der Waals surface area contributed by atoms with Crippen LogP contribution < -0.4 is 0 Å². The molecule has 3 atom stereocenters. The first-order valence-electron chi connectivity index (χ1n) is 11.7. The average Bonchev–Trinajstić information content (AvgIpc) is 2.82. The SMILES string of the molecule is C=C(OC)/C(F)=C(/F)C(=C)C(C)CCC(C)CCc1ccc(C2=CCC(C)CC2)c(F)c1F. The lowest BCUT2D eigenvalue weighted by atomic mass is 9.86. The third-order valence-electron chi connectivity index (χ3n) is 6.74. The Bertz CT molecular complexity index is 928. The van der Waals surface area contributed by atoms with E-state index in [1.165, 1.54) is 7.11 Å². The molecule has 182 valence electrons. The molecule has 3 unspecified atom stereocenters. The van der Waals surface area contributed by atoms with E-state index in [1.54, 1.807) is 19.1 Å². The Balaban J connectivity index is 1.92. The van der Waals surface area contributed by atoms with Crippen LogP contribution in [-0.4, -0.2) is 7.11 Å². The van der Waals surface area contributed by atoms with Crippen LogP contribution in [0.1, 0.15) is 70.4 Å². The number of ether oxygens (including phenoxy) is 1. The van der Waals surface area contributed by atoms with Crippen LogP contribution in [-0.2, 0) is 11.2 Å². The highest BCUT2D eigenvalue weighted by atomic mass is 19.2. The first-order valence-corrected chi connectivity index (χ1v) is 11.7. The van der Waals surface area contributed by atoms with Gasteiger partial charge in [0.05, 0.1) is 7.11 Å². The second-order valence-corrected chi connectivity index (χ2v) is 9.41. The van der Waals surface area contributed by atoms with E-state index in [1.807, 2.05) is 13.0 Å². The molecule has 33 heavy (non-hydrogen) atoms. The van der Waals surface area contributed by atoms with Crippen LogP contribution in [0.5, 0.6) is 0 Å². The molecule has 1 aromatic carbocycles. The normalized spacial score (nSPS) is 18.8. The van der Waals surface area contributed by atoms with E-state index in [9.17, 15) is 17.6 Å². The highest BCUT2D eigenvalue weighted by molar-refractivity contribution is 5.67. The van der Waals surface area contributed by atoms with Crippen molar-refractivity contribution in [1.29, 1.82) is 0 Å². The molecule has 5 heteroatoms. The van der Waals surface area contributed by atoms with E-state index in [4.69, 9.17) is 0 Å². The summed E-state index contributed by atoms with van der Waals surface area (Å²) in [5.41, 5.74) is 1.71. The maximum Gasteiger partial charge on any atom is 0.200 e. The van der Waals surface area contributed by atoms with Crippen molar-refractivity contribution >= 4 is 5.57 Å². The number of allylic oxidation sites excluding steroid dienone is 5. The fourth-order valence-electron chi connectivity index (χ4n) is 4.06. The Morgan fingerprint density at radius 2 is 1.76 bits per heavy atom. The van der Waals surface area contributed by atoms with Crippen LogP contribution in [0.25, 0.3) is 5.57 Å². The predicted octanol–water partition coefficient (Wildman–Crippen LogP) is 9.02. The molecule has 0 N–H and O–H groups in total. The summed E-state index contributed by atoms with van der Waals surface area (Å²) in [6.45, 7) is 13.0. The summed E-state index contributed by atoms with van der Waals surface area (Å²) in [4.78, 5) is 0. The Labute approximate surface area is 195 Å². The van der Waals surface area contributed by atoms with Gasteiger partial charge in [0, 0.05) is 5.56 Å². The van der Waals surface area contributed by atoms with Crippen LogP contribution >= 0.6 is 0 Å². The van der Waals surface area contributed by atoms with Gasteiger partial charge >= 0.3 is 0 Å². The van der Waals surface area contributed by atoms with Gasteiger partial charge in [-0.1, -0.05) is 58.6 Å². The van der Waals surface area contributed by atoms with Crippen LogP contribution in [0, 0.1) is 29.4 Å². The summed E-state index contributed by atoms with van der Waals surface area (Å²) in [7, 11) is 1.22. The molecule has 0 bridgehead atoms. The van der Waals surface area contributed by atoms with Crippen LogP contribution in [0.15, 0.2) is 54.4 Å². The van der Waals surface area contributed by atoms with E-state index in [0.717, 1.165) is 31.3 Å². The van der Waals surface area contributed by atoms with Crippen molar-refractivity contribution in [1.82, 2.24) is 0 Å². The zero-order valence-electron chi connectivity index (χ0n) is 20.2. The number of hydrogen-bond donors (Lipinski definition) is 0. The molecule has 0 saturated heterocycles. The summed E-state index contributed by atoms with van der Waals surface area (Å²) >= 11 is 0. The fourth-order valence-corrected chi connectivity index (χ4v) is 4.06. The Kier molecular flexibility index (Phi) is 10.00. The van der Waals surface area contributed by atoms with Crippen molar-refractivity contribution in [3.8, 4) is 0 Å². The van der Waals surface area contributed by atoms with Crippen molar-refractivity contribution in [2.45, 2.75) is 65.7 Å². The van der Waals surface area contributed by atoms with E-state index in [2.05, 4.69) is 24.8 Å². The maximum atomic E-state index is 14.7. The average molecular weight is 465 g/mol. The first-order chi connectivity index (χ1) is 15.6. The molecule has 0 aliphatic heterocycles. The standard InChI is InChI=1S/C28H36F4O/c1-17(7-11-19(3)20(4)25(29)26(30)21(5)33-6)10-14-23-15-16-24(28(32)27(23)31)22-12-8-18(2)9-13-22/h12,15-19H,4-5,7-11,13-14H2,1-3,6H3/b26-25-. The molecule has 0 heterocycles. The van der Waals surface area contributed by atoms with Crippen molar-refractivity contribution in [2.75, 3.05) is 7.11 Å². The summed E-state index contributed by atoms with van der Waals surface area (Å²) in [6, 6.07) is 3.39. The molecule has 2 rings (SSSR count). The van der Waals surface area contributed by atoms with Gasteiger partial charge in [-0.05, 0) is 73.0 Å². The van der Waals surface area contributed by atoms with Gasteiger partial charge < -0.3 is 4.74 Å². The lowest BCUT2D eigenvalue weighted by molar-refractivity contribution is 0.280. The van der Waals surface area contributed by atoms with E-state index in [0.29, 0.717) is 36.3 Å². The zero-order chi connectivity index (χ0) is 24.7. The molecular formula is C28H36F4O. The van der Waals surface area contributed by atoms with Crippen LogP contribution in [0.4, 0.5) is 17.6 Å². The third-order valence-corrected chi connectivity index (χ3v) is 6.74. The molecule has 1 nitrogen and oxygen atoms in total. The monoisotopic (exact) mass is 464 g/mol. The summed E-state index contributed by atoms with van der Waals surface area (Å²) in [5.74, 6) is -3.56. The molecular weight excluding hydrogens is 428 g/mol. The predicted molar refractivity (Wildman–Crippen MR) is 128 cm³/mol. The number of benzene rings is 1. The van der Waals surface area contributed by atoms with Crippen molar-refractivity contribution in [2.24, 2.45) is 17.8 Å². The number of hydrogen-bond acceptors (Lipinski definition) is 1. The van der Waals surface area contributed by atoms with Crippen LogP contribution in [0.2, 0.25) is 0 Å². The van der Waals surface area contributed by atoms with Gasteiger partial charge in [0.25, 0.3) is 0 Å². The van der Waals surface area contributed by atoms with Crippen LogP contribution in [0.3, 0.4) is 0 Å². The molecule has 1 aromatic rings. The molecule has 0 fully saturated rings. The summed E-state index contributed by atoms with van der Waals surface area (Å²) in [5, 5.41) is 0. The van der Waals surface area contributed by atoms with E-state index in [-0.39, 0.29) is 23.2 Å². The van der Waals surface area contributed by atoms with Crippen molar-refractivity contribution in [3.63, 3.8) is 0 Å².